The predicted octanol–water partition coefficient (Wildman–Crippen LogP) is 4.09. The van der Waals surface area contributed by atoms with Crippen LogP contribution in [-0.4, -0.2) is 47.0 Å². The second-order valence-electron chi connectivity index (χ2n) is 10.5. The molecule has 1 fully saturated rings. The average Bonchev–Trinajstić information content (AvgIpc) is 3.45. The van der Waals surface area contributed by atoms with Gasteiger partial charge in [0.15, 0.2) is 17.2 Å². The Morgan fingerprint density at radius 2 is 1.97 bits per heavy atom. The number of nitrogens with one attached hydrogen (secondary N) is 1. The Hall–Kier alpha value is -3.24. The maximum atomic E-state index is 16.0. The van der Waals surface area contributed by atoms with Crippen LogP contribution in [0.15, 0.2) is 48.5 Å². The number of rotatable bonds is 7. The number of β-amino-alcohol motifs (C(OH)–C–C–N with tert-alkyl or cyclic N) is 1. The van der Waals surface area contributed by atoms with Crippen molar-refractivity contribution in [3.63, 3.8) is 0 Å². The van der Waals surface area contributed by atoms with E-state index < -0.39 is 45.9 Å². The lowest BCUT2D eigenvalue weighted by Crippen LogP contribution is -2.49. The summed E-state index contributed by atoms with van der Waals surface area (Å²) in [7, 11) is 0. The molecular weight excluding hydrogens is 530 g/mol. The Bertz CT molecular complexity index is 1430. The van der Waals surface area contributed by atoms with E-state index in [2.05, 4.69) is 5.32 Å². The van der Waals surface area contributed by atoms with Crippen LogP contribution >= 0.6 is 11.6 Å². The fourth-order valence-corrected chi connectivity index (χ4v) is 5.79. The highest BCUT2D eigenvalue weighted by molar-refractivity contribution is 6.34. The third-order valence-electron chi connectivity index (χ3n) is 7.32. The van der Waals surface area contributed by atoms with E-state index in [1.807, 2.05) is 30.3 Å². The Kier molecular flexibility index (Phi) is 7.05. The fourth-order valence-electron chi connectivity index (χ4n) is 5.52. The van der Waals surface area contributed by atoms with Gasteiger partial charge in [0.1, 0.15) is 18.2 Å². The monoisotopic (exact) mass is 558 g/mol. The minimum atomic E-state index is -1.10. The van der Waals surface area contributed by atoms with Gasteiger partial charge in [-0.15, -0.1) is 0 Å². The van der Waals surface area contributed by atoms with Gasteiger partial charge in [0.25, 0.3) is 0 Å². The number of benzene rings is 3. The molecule has 10 heteroatoms. The number of carbonyl (C=O) groups is 1. The molecule has 0 spiro atoms. The number of primary amides is 1. The molecule has 0 bridgehead atoms. The van der Waals surface area contributed by atoms with E-state index in [4.69, 9.17) is 26.8 Å². The SMILES string of the molecule is C[C@H](O)COc1ccc(C(N)=O)c(-c2c(Cl)c(F)cc3c2C[C@](c2ccccc2)([C@@H]2C[C@](C)(O)CN2)O3)c1F. The molecule has 1 amide bonds. The molecule has 1 saturated heterocycles. The van der Waals surface area contributed by atoms with E-state index in [-0.39, 0.29) is 41.2 Å². The Labute approximate surface area is 229 Å². The van der Waals surface area contributed by atoms with Crippen molar-refractivity contribution in [3.8, 4) is 22.6 Å². The number of amides is 1. The Balaban J connectivity index is 1.72. The van der Waals surface area contributed by atoms with Crippen LogP contribution in [0.25, 0.3) is 11.1 Å². The summed E-state index contributed by atoms with van der Waals surface area (Å²) < 4.78 is 43.3. The molecule has 3 aromatic carbocycles. The Morgan fingerprint density at radius 1 is 1.26 bits per heavy atom. The second-order valence-corrected chi connectivity index (χ2v) is 10.9. The molecule has 2 heterocycles. The molecule has 0 radical (unpaired) electrons. The maximum absolute atomic E-state index is 16.0. The molecule has 5 rings (SSSR count). The topological polar surface area (TPSA) is 114 Å². The van der Waals surface area contributed by atoms with Gasteiger partial charge in [-0.3, -0.25) is 4.79 Å². The lowest BCUT2D eigenvalue weighted by Gasteiger charge is -2.36. The molecule has 0 unspecified atom stereocenters. The zero-order chi connectivity index (χ0) is 28.1. The summed E-state index contributed by atoms with van der Waals surface area (Å²) >= 11 is 6.50. The smallest absolute Gasteiger partial charge is 0.249 e. The van der Waals surface area contributed by atoms with Crippen molar-refractivity contribution >= 4 is 17.5 Å². The van der Waals surface area contributed by atoms with Crippen LogP contribution in [0.5, 0.6) is 11.5 Å². The van der Waals surface area contributed by atoms with Crippen molar-refractivity contribution in [3.05, 3.63) is 81.9 Å². The third-order valence-corrected chi connectivity index (χ3v) is 7.69. The minimum absolute atomic E-state index is 0.0666. The molecule has 39 heavy (non-hydrogen) atoms. The summed E-state index contributed by atoms with van der Waals surface area (Å²) in [6.07, 6.45) is -0.418. The number of hydrogen-bond acceptors (Lipinski definition) is 6. The van der Waals surface area contributed by atoms with Gasteiger partial charge in [0.2, 0.25) is 5.91 Å². The van der Waals surface area contributed by atoms with Gasteiger partial charge in [-0.1, -0.05) is 41.9 Å². The van der Waals surface area contributed by atoms with E-state index in [1.54, 1.807) is 6.92 Å². The first-order valence-electron chi connectivity index (χ1n) is 12.6. The van der Waals surface area contributed by atoms with Crippen molar-refractivity contribution < 1.29 is 33.3 Å². The summed E-state index contributed by atoms with van der Waals surface area (Å²) in [5.41, 5.74) is 4.06. The van der Waals surface area contributed by atoms with Crippen LogP contribution in [0.1, 0.15) is 41.8 Å². The number of aliphatic hydroxyl groups is 2. The van der Waals surface area contributed by atoms with Crippen molar-refractivity contribution in [1.29, 1.82) is 0 Å². The van der Waals surface area contributed by atoms with E-state index >= 15 is 8.78 Å². The van der Waals surface area contributed by atoms with Gasteiger partial charge < -0.3 is 30.7 Å². The number of carbonyl (C=O) groups excluding carboxylic acids is 1. The summed E-state index contributed by atoms with van der Waals surface area (Å²) in [6.45, 7) is 3.30. The maximum Gasteiger partial charge on any atom is 0.249 e. The molecule has 0 saturated carbocycles. The quantitative estimate of drug-likeness (QED) is 0.347. The molecule has 2 aliphatic rings. The van der Waals surface area contributed by atoms with Gasteiger partial charge in [-0.25, -0.2) is 8.78 Å². The van der Waals surface area contributed by atoms with Crippen molar-refractivity contribution in [2.45, 2.75) is 50.0 Å². The van der Waals surface area contributed by atoms with Crippen molar-refractivity contribution in [2.24, 2.45) is 5.73 Å². The molecule has 206 valence electrons. The van der Waals surface area contributed by atoms with Crippen molar-refractivity contribution in [1.82, 2.24) is 5.32 Å². The number of ether oxygens (including phenoxy) is 2. The summed E-state index contributed by atoms with van der Waals surface area (Å²) in [6, 6.07) is 12.6. The first-order chi connectivity index (χ1) is 18.4. The first-order valence-corrected chi connectivity index (χ1v) is 13.0. The third kappa shape index (κ3) is 4.84. The second kappa shape index (κ2) is 10.1. The normalized spacial score (nSPS) is 24.7. The van der Waals surface area contributed by atoms with Gasteiger partial charge in [0.05, 0.1) is 28.3 Å². The summed E-state index contributed by atoms with van der Waals surface area (Å²) in [5, 5.41) is 23.3. The van der Waals surface area contributed by atoms with Crippen LogP contribution in [0.3, 0.4) is 0 Å². The summed E-state index contributed by atoms with van der Waals surface area (Å²) in [4.78, 5) is 12.4. The lowest BCUT2D eigenvalue weighted by molar-refractivity contribution is 0.0319. The molecule has 4 atom stereocenters. The number of hydrogen-bond donors (Lipinski definition) is 4. The number of aliphatic hydroxyl groups excluding tert-OH is 1. The van der Waals surface area contributed by atoms with Crippen LogP contribution in [0.2, 0.25) is 5.02 Å². The standard InChI is InChI=1S/C29H29ClF2N2O5/c1-15(35)13-38-20-9-8-17(27(33)36)24(26(20)32)23-18-11-29(16-6-4-3-5-7-16,22-12-28(2,37)14-34-22)39-21(18)10-19(31)25(23)30/h3-10,15,22,34-35,37H,11-14H2,1-2H3,(H2,33,36)/t15-,22-,28-,29-/m0/s1. The molecule has 2 aliphatic heterocycles. The van der Waals surface area contributed by atoms with Crippen LogP contribution in [0, 0.1) is 11.6 Å². The molecule has 5 N–H and O–H groups in total. The van der Waals surface area contributed by atoms with Crippen LogP contribution in [-0.2, 0) is 12.0 Å². The fraction of sp³-hybridized carbons (Fsp3) is 0.345. The number of fused-ring (bicyclic) bond motifs is 1. The van der Waals surface area contributed by atoms with E-state index in [9.17, 15) is 15.0 Å². The predicted molar refractivity (Wildman–Crippen MR) is 142 cm³/mol. The van der Waals surface area contributed by atoms with Gasteiger partial charge >= 0.3 is 0 Å². The highest BCUT2D eigenvalue weighted by atomic mass is 35.5. The first kappa shape index (κ1) is 27.3. The summed E-state index contributed by atoms with van der Waals surface area (Å²) in [5.74, 6) is -2.91. The number of nitrogens with two attached hydrogens (primary N) is 1. The highest BCUT2D eigenvalue weighted by Gasteiger charge is 2.53. The van der Waals surface area contributed by atoms with Gasteiger partial charge in [-0.05, 0) is 38.0 Å². The highest BCUT2D eigenvalue weighted by Crippen LogP contribution is 2.53. The Morgan fingerprint density at radius 3 is 2.59 bits per heavy atom. The largest absolute Gasteiger partial charge is 0.488 e. The zero-order valence-corrected chi connectivity index (χ0v) is 22.2. The zero-order valence-electron chi connectivity index (χ0n) is 21.4. The van der Waals surface area contributed by atoms with Gasteiger partial charge in [-0.2, -0.15) is 0 Å². The molecular formula is C29H29ClF2N2O5. The van der Waals surface area contributed by atoms with E-state index in [1.165, 1.54) is 19.1 Å². The van der Waals surface area contributed by atoms with E-state index in [0.717, 1.165) is 11.6 Å². The average molecular weight is 559 g/mol. The lowest BCUT2D eigenvalue weighted by atomic mass is 9.79. The van der Waals surface area contributed by atoms with Crippen LogP contribution < -0.4 is 20.5 Å². The van der Waals surface area contributed by atoms with Crippen LogP contribution in [0.4, 0.5) is 8.78 Å². The molecule has 3 aromatic rings. The minimum Gasteiger partial charge on any atom is -0.488 e. The molecule has 0 aromatic heterocycles. The molecule has 0 aliphatic carbocycles. The van der Waals surface area contributed by atoms with E-state index in [0.29, 0.717) is 18.5 Å². The number of halogens is 3. The van der Waals surface area contributed by atoms with Crippen molar-refractivity contribution in [2.75, 3.05) is 13.2 Å². The van der Waals surface area contributed by atoms with Gasteiger partial charge in [0, 0.05) is 35.7 Å². The molecule has 7 nitrogen and oxygen atoms in total.